The van der Waals surface area contributed by atoms with Crippen molar-refractivity contribution in [3.05, 3.63) is 118 Å². The lowest BCUT2D eigenvalue weighted by atomic mass is 9.78. The average Bonchev–Trinajstić information content (AvgIpc) is 3.44. The maximum atomic E-state index is 13.0. The number of fused-ring (bicyclic) bond motifs is 1. The van der Waals surface area contributed by atoms with Crippen molar-refractivity contribution in [2.45, 2.75) is 62.2 Å². The van der Waals surface area contributed by atoms with Crippen molar-refractivity contribution < 1.29 is 38.0 Å². The minimum Gasteiger partial charge on any atom is -0.469 e. The van der Waals surface area contributed by atoms with Crippen molar-refractivity contribution in [1.82, 2.24) is 0 Å². The van der Waals surface area contributed by atoms with E-state index in [-0.39, 0.29) is 26.4 Å². The molecule has 11 heteroatoms. The molecule has 2 aliphatic rings. The van der Waals surface area contributed by atoms with Crippen LogP contribution in [0.1, 0.15) is 16.7 Å². The lowest BCUT2D eigenvalue weighted by molar-refractivity contribution is -0.342. The van der Waals surface area contributed by atoms with Gasteiger partial charge in [0.2, 0.25) is 0 Å². The molecular formula is C32H35N3O8. The van der Waals surface area contributed by atoms with Crippen LogP contribution in [0.4, 0.5) is 0 Å². The molecule has 2 fully saturated rings. The first kappa shape index (κ1) is 30.7. The van der Waals surface area contributed by atoms with Gasteiger partial charge in [0.15, 0.2) is 17.9 Å². The summed E-state index contributed by atoms with van der Waals surface area (Å²) in [6, 6.07) is 27.5. The Bertz CT molecular complexity index is 1360. The van der Waals surface area contributed by atoms with Crippen LogP contribution in [0.25, 0.3) is 10.4 Å². The summed E-state index contributed by atoms with van der Waals surface area (Å²) in [4.78, 5) is 15.9. The van der Waals surface area contributed by atoms with Crippen LogP contribution in [0.2, 0.25) is 0 Å². The molecule has 2 heterocycles. The molecule has 226 valence electrons. The topological polar surface area (TPSA) is 130 Å². The molecule has 3 unspecified atom stereocenters. The second kappa shape index (κ2) is 14.6. The Hall–Kier alpha value is -3.80. The molecule has 0 saturated carbocycles. The minimum atomic E-state index is -1.41. The van der Waals surface area contributed by atoms with Gasteiger partial charge in [-0.25, -0.2) is 0 Å². The van der Waals surface area contributed by atoms with E-state index in [0.29, 0.717) is 0 Å². The van der Waals surface area contributed by atoms with Crippen molar-refractivity contribution >= 4 is 5.97 Å². The summed E-state index contributed by atoms with van der Waals surface area (Å²) in [5, 5.41) is 3.78. The van der Waals surface area contributed by atoms with Gasteiger partial charge in [0, 0.05) is 12.0 Å². The zero-order chi connectivity index (χ0) is 30.1. The average molecular weight is 590 g/mol. The number of rotatable bonds is 13. The van der Waals surface area contributed by atoms with Gasteiger partial charge >= 0.3 is 5.97 Å². The standard InChI is InChI=1S/C32H35N3O8/c1-37-30(36)26(34-35-33)27-28(40-19-23-14-8-4-9-15-23)32(42-20-24-16-10-5-11-17-24)25(21-41-29(32)31(38-2)43-27)39-18-22-12-6-3-7-13-22/h3-17,25-29,31H,18-21H2,1-2H3/t25-,26-,27?,28+,29?,31-,32?/m0/s1. The number of azide groups is 1. The van der Waals surface area contributed by atoms with Crippen molar-refractivity contribution in [1.29, 1.82) is 0 Å². The molecule has 0 bridgehead atoms. The Morgan fingerprint density at radius 3 is 2.00 bits per heavy atom. The van der Waals surface area contributed by atoms with Crippen LogP contribution in [0, 0.1) is 0 Å². The van der Waals surface area contributed by atoms with Crippen LogP contribution in [0.15, 0.2) is 96.1 Å². The number of hydrogen-bond donors (Lipinski definition) is 0. The van der Waals surface area contributed by atoms with Gasteiger partial charge in [-0.1, -0.05) is 96.1 Å². The molecule has 0 radical (unpaired) electrons. The summed E-state index contributed by atoms with van der Waals surface area (Å²) in [6.45, 7) is 0.716. The lowest BCUT2D eigenvalue weighted by Gasteiger charge is -2.52. The van der Waals surface area contributed by atoms with Gasteiger partial charge < -0.3 is 33.2 Å². The van der Waals surface area contributed by atoms with E-state index in [2.05, 4.69) is 10.0 Å². The third-order valence-corrected chi connectivity index (χ3v) is 7.72. The van der Waals surface area contributed by atoms with Gasteiger partial charge in [-0.2, -0.15) is 0 Å². The van der Waals surface area contributed by atoms with Crippen LogP contribution >= 0.6 is 0 Å². The van der Waals surface area contributed by atoms with E-state index in [1.807, 2.05) is 91.0 Å². The van der Waals surface area contributed by atoms with Crippen molar-refractivity contribution in [2.75, 3.05) is 20.8 Å². The van der Waals surface area contributed by atoms with Crippen LogP contribution in [0.3, 0.4) is 0 Å². The summed E-state index contributed by atoms with van der Waals surface area (Å²) < 4.78 is 43.4. The molecule has 43 heavy (non-hydrogen) atoms. The second-order valence-corrected chi connectivity index (χ2v) is 10.3. The summed E-state index contributed by atoms with van der Waals surface area (Å²) in [7, 11) is 2.69. The van der Waals surface area contributed by atoms with Crippen LogP contribution in [0.5, 0.6) is 0 Å². The molecule has 7 atom stereocenters. The molecule has 2 aliphatic heterocycles. The Balaban J connectivity index is 1.60. The van der Waals surface area contributed by atoms with E-state index in [1.165, 1.54) is 14.2 Å². The maximum Gasteiger partial charge on any atom is 0.317 e. The second-order valence-electron chi connectivity index (χ2n) is 10.3. The zero-order valence-electron chi connectivity index (χ0n) is 24.1. The van der Waals surface area contributed by atoms with Crippen molar-refractivity contribution in [3.8, 4) is 0 Å². The van der Waals surface area contributed by atoms with Gasteiger partial charge in [0.05, 0.1) is 33.5 Å². The lowest BCUT2D eigenvalue weighted by Crippen LogP contribution is -2.72. The molecular weight excluding hydrogens is 554 g/mol. The highest BCUT2D eigenvalue weighted by Crippen LogP contribution is 2.47. The molecule has 0 spiro atoms. The van der Waals surface area contributed by atoms with Gasteiger partial charge in [0.1, 0.15) is 24.4 Å². The first-order valence-electron chi connectivity index (χ1n) is 14.0. The van der Waals surface area contributed by atoms with E-state index in [4.69, 9.17) is 33.2 Å². The number of nitrogens with zero attached hydrogens (tertiary/aromatic N) is 3. The highest BCUT2D eigenvalue weighted by molar-refractivity contribution is 5.76. The fraction of sp³-hybridized carbons (Fsp3) is 0.406. The van der Waals surface area contributed by atoms with Gasteiger partial charge in [-0.3, -0.25) is 4.79 Å². The number of ether oxygens (including phenoxy) is 7. The van der Waals surface area contributed by atoms with Gasteiger partial charge in [-0.05, 0) is 22.2 Å². The molecule has 5 rings (SSSR count). The predicted molar refractivity (Wildman–Crippen MR) is 154 cm³/mol. The van der Waals surface area contributed by atoms with Gasteiger partial charge in [-0.15, -0.1) is 0 Å². The molecule has 3 aromatic rings. The summed E-state index contributed by atoms with van der Waals surface area (Å²) >= 11 is 0. The van der Waals surface area contributed by atoms with Crippen LogP contribution in [-0.4, -0.2) is 69.1 Å². The molecule has 11 nitrogen and oxygen atoms in total. The Morgan fingerprint density at radius 1 is 0.907 bits per heavy atom. The first-order chi connectivity index (χ1) is 21.1. The third-order valence-electron chi connectivity index (χ3n) is 7.72. The highest BCUT2D eigenvalue weighted by atomic mass is 16.7. The Labute approximate surface area is 250 Å². The van der Waals surface area contributed by atoms with Gasteiger partial charge in [0.25, 0.3) is 0 Å². The van der Waals surface area contributed by atoms with E-state index in [1.54, 1.807) is 0 Å². The Kier molecular flexibility index (Phi) is 10.4. The number of esters is 1. The first-order valence-corrected chi connectivity index (χ1v) is 14.0. The minimum absolute atomic E-state index is 0.137. The largest absolute Gasteiger partial charge is 0.469 e. The van der Waals surface area contributed by atoms with Crippen LogP contribution in [-0.2, 0) is 57.8 Å². The summed E-state index contributed by atoms with van der Waals surface area (Å²) in [6.07, 6.45) is -4.71. The smallest absolute Gasteiger partial charge is 0.317 e. The Morgan fingerprint density at radius 2 is 1.47 bits per heavy atom. The van der Waals surface area contributed by atoms with E-state index in [0.717, 1.165) is 16.7 Å². The fourth-order valence-corrected chi connectivity index (χ4v) is 5.64. The van der Waals surface area contributed by atoms with Crippen molar-refractivity contribution in [2.24, 2.45) is 5.11 Å². The van der Waals surface area contributed by atoms with E-state index >= 15 is 0 Å². The number of hydrogen-bond acceptors (Lipinski definition) is 9. The van der Waals surface area contributed by atoms with Crippen molar-refractivity contribution in [3.63, 3.8) is 0 Å². The summed E-state index contributed by atoms with van der Waals surface area (Å²) in [5.74, 6) is -0.789. The van der Waals surface area contributed by atoms with E-state index in [9.17, 15) is 10.3 Å². The number of carbonyl (C=O) groups is 1. The number of carbonyl (C=O) groups excluding carboxylic acids is 1. The fourth-order valence-electron chi connectivity index (χ4n) is 5.64. The normalized spacial score (nSPS) is 27.1. The van der Waals surface area contributed by atoms with Crippen LogP contribution < -0.4 is 0 Å². The number of benzene rings is 3. The monoisotopic (exact) mass is 589 g/mol. The summed E-state index contributed by atoms with van der Waals surface area (Å²) in [5.41, 5.74) is 10.8. The number of methoxy groups -OCH3 is 2. The molecule has 0 aromatic heterocycles. The highest BCUT2D eigenvalue weighted by Gasteiger charge is 2.68. The molecule has 3 aromatic carbocycles. The molecule has 0 amide bonds. The zero-order valence-corrected chi connectivity index (χ0v) is 24.1. The SMILES string of the molecule is COC(=O)[C@@H](N=[N+]=[N-])C1O[C@H](OC)C2OC[C@H](OCc3ccccc3)C2(OCc2ccccc2)[C@@H]1OCc1ccccc1. The molecule has 2 saturated heterocycles. The quantitative estimate of drug-likeness (QED) is 0.121. The predicted octanol–water partition coefficient (Wildman–Crippen LogP) is 4.73. The maximum absolute atomic E-state index is 13.0. The molecule has 0 aliphatic carbocycles. The third kappa shape index (κ3) is 6.74. The molecule has 0 N–H and O–H groups in total. The van der Waals surface area contributed by atoms with E-state index < -0.39 is 48.3 Å².